The molecule has 100 valence electrons. The Morgan fingerprint density at radius 1 is 1.00 bits per heavy atom. The van der Waals surface area contributed by atoms with E-state index in [2.05, 4.69) is 0 Å². The number of hydrogen-bond donors (Lipinski definition) is 0. The number of nitrogens with zero attached hydrogens (tertiary/aromatic N) is 1. The van der Waals surface area contributed by atoms with Gasteiger partial charge < -0.3 is 4.74 Å². The lowest BCUT2D eigenvalue weighted by atomic mass is 10.1. The molecule has 0 saturated carbocycles. The average Bonchev–Trinajstić information content (AvgIpc) is 2.90. The van der Waals surface area contributed by atoms with Crippen molar-refractivity contribution in [2.45, 2.75) is 6.04 Å². The maximum absolute atomic E-state index is 12.5. The van der Waals surface area contributed by atoms with Gasteiger partial charge in [0.05, 0.1) is 0 Å². The van der Waals surface area contributed by atoms with Gasteiger partial charge in [0.1, 0.15) is 12.6 Å². The van der Waals surface area contributed by atoms with E-state index in [0.717, 1.165) is 5.56 Å². The van der Waals surface area contributed by atoms with E-state index < -0.39 is 6.09 Å². The van der Waals surface area contributed by atoms with Crippen molar-refractivity contribution >= 4 is 12.0 Å². The van der Waals surface area contributed by atoms with Crippen LogP contribution in [0.5, 0.6) is 0 Å². The number of amides is 2. The smallest absolute Gasteiger partial charge is 0.417 e. The Bertz CT molecular complexity index is 625. The van der Waals surface area contributed by atoms with Gasteiger partial charge in [-0.05, 0) is 17.7 Å². The monoisotopic (exact) mass is 267 g/mol. The average molecular weight is 267 g/mol. The minimum atomic E-state index is -0.590. The van der Waals surface area contributed by atoms with Crippen LogP contribution in [0.3, 0.4) is 0 Å². The van der Waals surface area contributed by atoms with Gasteiger partial charge in [-0.2, -0.15) is 0 Å². The molecule has 1 fully saturated rings. The summed E-state index contributed by atoms with van der Waals surface area (Å²) in [5, 5.41) is 0. The van der Waals surface area contributed by atoms with E-state index in [1.807, 2.05) is 36.4 Å². The molecule has 4 heteroatoms. The molecule has 3 rings (SSSR count). The lowest BCUT2D eigenvalue weighted by molar-refractivity contribution is 0.0774. The zero-order valence-corrected chi connectivity index (χ0v) is 10.7. The van der Waals surface area contributed by atoms with Crippen molar-refractivity contribution in [3.05, 3.63) is 71.8 Å². The standard InChI is InChI=1S/C16H13NO3/c18-15(13-9-5-2-6-10-13)17-14(11-20-16(17)19)12-7-3-1-4-8-12/h1-10,14H,11H2. The maximum atomic E-state index is 12.5. The van der Waals surface area contributed by atoms with Gasteiger partial charge in [-0.1, -0.05) is 48.5 Å². The Hall–Kier alpha value is -2.62. The Morgan fingerprint density at radius 2 is 1.60 bits per heavy atom. The van der Waals surface area contributed by atoms with Crippen LogP contribution in [0.4, 0.5) is 4.79 Å². The number of imide groups is 1. The quantitative estimate of drug-likeness (QED) is 0.840. The molecule has 2 aromatic carbocycles. The van der Waals surface area contributed by atoms with Gasteiger partial charge in [0, 0.05) is 5.56 Å². The summed E-state index contributed by atoms with van der Waals surface area (Å²) in [7, 11) is 0. The second kappa shape index (κ2) is 5.17. The van der Waals surface area contributed by atoms with Gasteiger partial charge >= 0.3 is 6.09 Å². The normalized spacial score (nSPS) is 17.9. The third-order valence-electron chi connectivity index (χ3n) is 3.30. The highest BCUT2D eigenvalue weighted by atomic mass is 16.6. The molecular formula is C16H13NO3. The van der Waals surface area contributed by atoms with Gasteiger partial charge in [0.2, 0.25) is 0 Å². The number of ether oxygens (including phenoxy) is 1. The summed E-state index contributed by atoms with van der Waals surface area (Å²) in [6.07, 6.45) is -0.590. The summed E-state index contributed by atoms with van der Waals surface area (Å²) in [4.78, 5) is 25.5. The molecule has 0 N–H and O–H groups in total. The first-order valence-corrected chi connectivity index (χ1v) is 6.37. The Morgan fingerprint density at radius 3 is 2.25 bits per heavy atom. The van der Waals surface area contributed by atoms with Crippen LogP contribution in [0.25, 0.3) is 0 Å². The van der Waals surface area contributed by atoms with Gasteiger partial charge in [0.15, 0.2) is 0 Å². The highest BCUT2D eigenvalue weighted by Crippen LogP contribution is 2.29. The zero-order valence-electron chi connectivity index (χ0n) is 10.7. The second-order valence-electron chi connectivity index (χ2n) is 4.54. The topological polar surface area (TPSA) is 46.6 Å². The minimum Gasteiger partial charge on any atom is -0.446 e. The number of benzene rings is 2. The predicted molar refractivity (Wildman–Crippen MR) is 73.1 cm³/mol. The van der Waals surface area contributed by atoms with Crippen LogP contribution in [0.15, 0.2) is 60.7 Å². The predicted octanol–water partition coefficient (Wildman–Crippen LogP) is 3.02. The van der Waals surface area contributed by atoms with E-state index >= 15 is 0 Å². The SMILES string of the molecule is O=C1OCC(c2ccccc2)N1C(=O)c1ccccc1. The molecular weight excluding hydrogens is 254 g/mol. The molecule has 4 nitrogen and oxygen atoms in total. The molecule has 0 radical (unpaired) electrons. The lowest BCUT2D eigenvalue weighted by Crippen LogP contribution is -2.34. The van der Waals surface area contributed by atoms with Crippen LogP contribution in [0, 0.1) is 0 Å². The van der Waals surface area contributed by atoms with E-state index in [1.54, 1.807) is 24.3 Å². The van der Waals surface area contributed by atoms with Gasteiger partial charge in [-0.25, -0.2) is 9.69 Å². The number of cyclic esters (lactones) is 1. The molecule has 1 saturated heterocycles. The number of carbonyl (C=O) groups excluding carboxylic acids is 2. The van der Waals surface area contributed by atoms with E-state index in [1.165, 1.54) is 4.90 Å². The molecule has 2 amide bonds. The molecule has 1 atom stereocenters. The van der Waals surface area contributed by atoms with Crippen LogP contribution < -0.4 is 0 Å². The van der Waals surface area contributed by atoms with Crippen molar-refractivity contribution in [1.29, 1.82) is 0 Å². The Labute approximate surface area is 116 Å². The van der Waals surface area contributed by atoms with Gasteiger partial charge in [-0.15, -0.1) is 0 Å². The van der Waals surface area contributed by atoms with E-state index in [-0.39, 0.29) is 18.6 Å². The van der Waals surface area contributed by atoms with E-state index in [4.69, 9.17) is 4.74 Å². The van der Waals surface area contributed by atoms with Crippen LogP contribution in [-0.2, 0) is 4.74 Å². The first-order valence-electron chi connectivity index (χ1n) is 6.37. The Balaban J connectivity index is 1.94. The Kier molecular flexibility index (Phi) is 3.21. The second-order valence-corrected chi connectivity index (χ2v) is 4.54. The third kappa shape index (κ3) is 2.16. The van der Waals surface area contributed by atoms with E-state index in [0.29, 0.717) is 5.56 Å². The van der Waals surface area contributed by atoms with Crippen LogP contribution in [-0.4, -0.2) is 23.5 Å². The fraction of sp³-hybridized carbons (Fsp3) is 0.125. The van der Waals surface area contributed by atoms with Gasteiger partial charge in [0.25, 0.3) is 5.91 Å². The van der Waals surface area contributed by atoms with Crippen LogP contribution >= 0.6 is 0 Å². The molecule has 1 aliphatic heterocycles. The summed E-state index contributed by atoms with van der Waals surface area (Å²) in [6, 6.07) is 17.8. The zero-order chi connectivity index (χ0) is 13.9. The molecule has 0 aromatic heterocycles. The maximum Gasteiger partial charge on any atom is 0.417 e. The molecule has 1 unspecified atom stereocenters. The molecule has 20 heavy (non-hydrogen) atoms. The third-order valence-corrected chi connectivity index (χ3v) is 3.30. The van der Waals surface area contributed by atoms with Gasteiger partial charge in [-0.3, -0.25) is 4.79 Å². The van der Waals surface area contributed by atoms with Crippen molar-refractivity contribution in [3.63, 3.8) is 0 Å². The molecule has 0 bridgehead atoms. The first-order chi connectivity index (χ1) is 9.77. The highest BCUT2D eigenvalue weighted by Gasteiger charge is 2.39. The van der Waals surface area contributed by atoms with Crippen molar-refractivity contribution in [2.75, 3.05) is 6.61 Å². The summed E-state index contributed by atoms with van der Waals surface area (Å²) in [5.74, 6) is -0.332. The number of carbonyl (C=O) groups is 2. The molecule has 0 spiro atoms. The number of hydrogen-bond acceptors (Lipinski definition) is 3. The first kappa shape index (κ1) is 12.4. The summed E-state index contributed by atoms with van der Waals surface area (Å²) >= 11 is 0. The minimum absolute atomic E-state index is 0.196. The molecule has 1 aliphatic rings. The molecule has 2 aromatic rings. The molecule has 1 heterocycles. The highest BCUT2D eigenvalue weighted by molar-refractivity contribution is 6.03. The summed E-state index contributed by atoms with van der Waals surface area (Å²) in [6.45, 7) is 0.196. The number of rotatable bonds is 2. The van der Waals surface area contributed by atoms with Crippen molar-refractivity contribution < 1.29 is 14.3 Å². The fourth-order valence-electron chi connectivity index (χ4n) is 2.29. The largest absolute Gasteiger partial charge is 0.446 e. The lowest BCUT2D eigenvalue weighted by Gasteiger charge is -2.19. The van der Waals surface area contributed by atoms with Crippen LogP contribution in [0.2, 0.25) is 0 Å². The fourth-order valence-corrected chi connectivity index (χ4v) is 2.29. The van der Waals surface area contributed by atoms with E-state index in [9.17, 15) is 9.59 Å². The summed E-state index contributed by atoms with van der Waals surface area (Å²) in [5.41, 5.74) is 1.37. The summed E-state index contributed by atoms with van der Waals surface area (Å²) < 4.78 is 5.04. The van der Waals surface area contributed by atoms with Crippen LogP contribution in [0.1, 0.15) is 22.0 Å². The molecule has 0 aliphatic carbocycles. The van der Waals surface area contributed by atoms with Crippen molar-refractivity contribution in [3.8, 4) is 0 Å². The van der Waals surface area contributed by atoms with Crippen molar-refractivity contribution in [1.82, 2.24) is 4.90 Å². The van der Waals surface area contributed by atoms with Crippen molar-refractivity contribution in [2.24, 2.45) is 0 Å².